The van der Waals surface area contributed by atoms with Crippen molar-refractivity contribution in [1.82, 2.24) is 15.0 Å². The highest BCUT2D eigenvalue weighted by atomic mass is 16.5. The fourth-order valence-corrected chi connectivity index (χ4v) is 2.99. The monoisotopic (exact) mass is 457 g/mol. The van der Waals surface area contributed by atoms with Crippen LogP contribution in [0.5, 0.6) is 17.2 Å². The minimum absolute atomic E-state index is 0.0826. The molecule has 0 saturated carbocycles. The lowest BCUT2D eigenvalue weighted by molar-refractivity contribution is 0.340. The molecule has 0 bridgehead atoms. The number of aromatic hydroxyl groups is 1. The highest BCUT2D eigenvalue weighted by molar-refractivity contribution is 5.82. The Morgan fingerprint density at radius 2 is 1.21 bits per heavy atom. The third-order valence-electron chi connectivity index (χ3n) is 4.58. The maximum atomic E-state index is 10.1. The summed E-state index contributed by atoms with van der Waals surface area (Å²) in [4.78, 5) is 13.2. The molecule has 4 N–H and O–H groups in total. The van der Waals surface area contributed by atoms with Crippen LogP contribution < -0.4 is 25.5 Å². The lowest BCUT2D eigenvalue weighted by Gasteiger charge is -2.10. The number of para-hydroxylation sites is 2. The van der Waals surface area contributed by atoms with Crippen LogP contribution in [0.3, 0.4) is 0 Å². The molecule has 10 nitrogen and oxygen atoms in total. The number of hydrogen-bond acceptors (Lipinski definition) is 10. The van der Waals surface area contributed by atoms with Crippen LogP contribution in [-0.2, 0) is 0 Å². The Kier molecular flexibility index (Phi) is 6.99. The molecule has 1 heterocycles. The van der Waals surface area contributed by atoms with E-state index in [9.17, 15) is 5.11 Å². The number of nitrogens with zero attached hydrogens (tertiary/aromatic N) is 4. The van der Waals surface area contributed by atoms with Gasteiger partial charge in [-0.15, -0.1) is 0 Å². The topological polar surface area (TPSA) is 126 Å². The number of hydrazone groups is 1. The molecule has 0 atom stereocenters. The van der Waals surface area contributed by atoms with Gasteiger partial charge in [-0.2, -0.15) is 20.1 Å². The zero-order valence-electron chi connectivity index (χ0n) is 18.6. The number of phenols is 1. The van der Waals surface area contributed by atoms with Gasteiger partial charge in [-0.25, -0.2) is 5.43 Å². The summed E-state index contributed by atoms with van der Waals surface area (Å²) in [5.41, 5.74) is 5.12. The molecule has 3 aromatic carbocycles. The van der Waals surface area contributed by atoms with E-state index in [1.54, 1.807) is 12.1 Å². The average Bonchev–Trinajstić information content (AvgIpc) is 2.86. The summed E-state index contributed by atoms with van der Waals surface area (Å²) in [5, 5.41) is 20.6. The summed E-state index contributed by atoms with van der Waals surface area (Å²) < 4.78 is 10.4. The average molecular weight is 457 g/mol. The summed E-state index contributed by atoms with van der Waals surface area (Å²) in [6, 6.07) is 22.4. The van der Waals surface area contributed by atoms with E-state index in [-0.39, 0.29) is 23.2 Å². The van der Waals surface area contributed by atoms with Gasteiger partial charge in [-0.1, -0.05) is 36.4 Å². The van der Waals surface area contributed by atoms with Gasteiger partial charge in [0.1, 0.15) is 0 Å². The highest BCUT2D eigenvalue weighted by Crippen LogP contribution is 2.36. The zero-order chi connectivity index (χ0) is 23.8. The first-order valence-electron chi connectivity index (χ1n) is 10.3. The smallest absolute Gasteiger partial charge is 0.250 e. The highest BCUT2D eigenvalue weighted by Gasteiger charge is 2.11. The Balaban J connectivity index is 1.58. The number of methoxy groups -OCH3 is 2. The molecule has 0 aliphatic heterocycles. The second kappa shape index (κ2) is 10.6. The van der Waals surface area contributed by atoms with Gasteiger partial charge in [-0.3, -0.25) is 0 Å². The van der Waals surface area contributed by atoms with Crippen LogP contribution in [0.1, 0.15) is 5.56 Å². The SMILES string of the molecule is COc1cc(/C=N/Nc2nc(Nc3ccccc3)nc(Nc3ccccc3)n2)cc(OC)c1O. The molecule has 0 unspecified atom stereocenters. The predicted molar refractivity (Wildman–Crippen MR) is 132 cm³/mol. The molecule has 0 aliphatic carbocycles. The van der Waals surface area contributed by atoms with Gasteiger partial charge in [0, 0.05) is 16.9 Å². The molecule has 10 heteroatoms. The number of phenolic OH excluding ortho intramolecular Hbond substituents is 1. The molecule has 4 aromatic rings. The summed E-state index contributed by atoms with van der Waals surface area (Å²) >= 11 is 0. The Labute approximate surface area is 196 Å². The first kappa shape index (κ1) is 22.3. The van der Waals surface area contributed by atoms with Crippen LogP contribution >= 0.6 is 0 Å². The predicted octanol–water partition coefficient (Wildman–Crippen LogP) is 4.53. The first-order chi connectivity index (χ1) is 16.6. The Bertz CT molecular complexity index is 1180. The van der Waals surface area contributed by atoms with Crippen molar-refractivity contribution in [3.63, 3.8) is 0 Å². The minimum atomic E-state index is -0.0826. The van der Waals surface area contributed by atoms with Crippen LogP contribution in [-0.4, -0.2) is 40.5 Å². The van der Waals surface area contributed by atoms with Crippen molar-refractivity contribution in [1.29, 1.82) is 0 Å². The van der Waals surface area contributed by atoms with Crippen molar-refractivity contribution in [3.8, 4) is 17.2 Å². The van der Waals surface area contributed by atoms with Crippen LogP contribution in [0.15, 0.2) is 77.9 Å². The molecule has 0 amide bonds. The maximum absolute atomic E-state index is 10.1. The van der Waals surface area contributed by atoms with Gasteiger partial charge in [0.05, 0.1) is 20.4 Å². The summed E-state index contributed by atoms with van der Waals surface area (Å²) in [6.45, 7) is 0. The van der Waals surface area contributed by atoms with Crippen molar-refractivity contribution >= 4 is 35.4 Å². The second-order valence-electron chi connectivity index (χ2n) is 6.93. The van der Waals surface area contributed by atoms with E-state index in [1.165, 1.54) is 20.4 Å². The Hall–Kier alpha value is -4.86. The van der Waals surface area contributed by atoms with E-state index in [2.05, 4.69) is 36.1 Å². The Morgan fingerprint density at radius 3 is 1.68 bits per heavy atom. The van der Waals surface area contributed by atoms with Crippen LogP contribution in [0.4, 0.5) is 29.2 Å². The molecular weight excluding hydrogens is 434 g/mol. The fraction of sp³-hybridized carbons (Fsp3) is 0.0833. The summed E-state index contributed by atoms with van der Waals surface area (Å²) in [7, 11) is 2.92. The third kappa shape index (κ3) is 5.68. The van der Waals surface area contributed by atoms with E-state index in [1.807, 2.05) is 60.7 Å². The Morgan fingerprint density at radius 1 is 0.735 bits per heavy atom. The number of hydrogen-bond donors (Lipinski definition) is 4. The van der Waals surface area contributed by atoms with Crippen LogP contribution in [0, 0.1) is 0 Å². The quantitative estimate of drug-likeness (QED) is 0.212. The molecular formula is C24H23N7O3. The summed E-state index contributed by atoms with van der Waals surface area (Å²) in [6.07, 6.45) is 1.53. The van der Waals surface area contributed by atoms with Crippen molar-refractivity contribution in [3.05, 3.63) is 78.4 Å². The normalized spacial score (nSPS) is 10.6. The van der Waals surface area contributed by atoms with Crippen molar-refractivity contribution in [2.75, 3.05) is 30.3 Å². The minimum Gasteiger partial charge on any atom is -0.502 e. The van der Waals surface area contributed by atoms with Gasteiger partial charge < -0.3 is 25.2 Å². The molecule has 172 valence electrons. The molecule has 0 aliphatic rings. The second-order valence-corrected chi connectivity index (χ2v) is 6.93. The number of benzene rings is 3. The van der Waals surface area contributed by atoms with Crippen molar-refractivity contribution in [2.24, 2.45) is 5.10 Å². The van der Waals surface area contributed by atoms with E-state index in [0.29, 0.717) is 17.5 Å². The molecule has 0 radical (unpaired) electrons. The number of nitrogens with one attached hydrogen (secondary N) is 3. The standard InChI is InChI=1S/C24H23N7O3/c1-33-19-13-16(14-20(34-2)21(19)32)15-25-31-24-29-22(26-17-9-5-3-6-10-17)28-23(30-24)27-18-11-7-4-8-12-18/h3-15,32H,1-2H3,(H3,26,27,28,29,30,31)/b25-15+. The largest absolute Gasteiger partial charge is 0.502 e. The maximum Gasteiger partial charge on any atom is 0.250 e. The third-order valence-corrected chi connectivity index (χ3v) is 4.58. The van der Waals surface area contributed by atoms with Gasteiger partial charge in [-0.05, 0) is 36.4 Å². The van der Waals surface area contributed by atoms with E-state index >= 15 is 0 Å². The van der Waals surface area contributed by atoms with Crippen molar-refractivity contribution < 1.29 is 14.6 Å². The molecule has 0 spiro atoms. The number of ether oxygens (including phenoxy) is 2. The van der Waals surface area contributed by atoms with Crippen LogP contribution in [0.25, 0.3) is 0 Å². The van der Waals surface area contributed by atoms with Crippen LogP contribution in [0.2, 0.25) is 0 Å². The molecule has 34 heavy (non-hydrogen) atoms. The summed E-state index contributed by atoms with van der Waals surface area (Å²) in [5.74, 6) is 1.35. The number of rotatable bonds is 9. The lowest BCUT2D eigenvalue weighted by Crippen LogP contribution is -2.07. The molecule has 1 aromatic heterocycles. The van der Waals surface area contributed by atoms with Gasteiger partial charge >= 0.3 is 0 Å². The number of aromatic nitrogens is 3. The molecule has 0 fully saturated rings. The number of anilines is 5. The van der Waals surface area contributed by atoms with Gasteiger partial charge in [0.25, 0.3) is 0 Å². The van der Waals surface area contributed by atoms with Gasteiger partial charge in [0.15, 0.2) is 11.5 Å². The van der Waals surface area contributed by atoms with E-state index in [4.69, 9.17) is 9.47 Å². The van der Waals surface area contributed by atoms with Crippen molar-refractivity contribution in [2.45, 2.75) is 0 Å². The van der Waals surface area contributed by atoms with E-state index in [0.717, 1.165) is 11.4 Å². The fourth-order valence-electron chi connectivity index (χ4n) is 2.99. The first-order valence-corrected chi connectivity index (χ1v) is 10.3. The van der Waals surface area contributed by atoms with E-state index < -0.39 is 0 Å². The van der Waals surface area contributed by atoms with Gasteiger partial charge in [0.2, 0.25) is 23.6 Å². The molecule has 0 saturated heterocycles. The zero-order valence-corrected chi connectivity index (χ0v) is 18.6. The lowest BCUT2D eigenvalue weighted by atomic mass is 10.2. The molecule has 4 rings (SSSR count).